The van der Waals surface area contributed by atoms with Crippen molar-refractivity contribution in [2.45, 2.75) is 113 Å². The van der Waals surface area contributed by atoms with Gasteiger partial charge in [0.2, 0.25) is 17.7 Å². The maximum Gasteiger partial charge on any atom is 0.243 e. The Morgan fingerprint density at radius 1 is 0.839 bits per heavy atom. The fourth-order valence-corrected chi connectivity index (χ4v) is 3.18. The van der Waals surface area contributed by atoms with Gasteiger partial charge in [0.15, 0.2) is 0 Å². The summed E-state index contributed by atoms with van der Waals surface area (Å²) < 4.78 is 0. The Morgan fingerprint density at radius 2 is 1.39 bits per heavy atom. The molecule has 3 amide bonds. The number of carbonyl (C=O) groups excluding carboxylic acids is 3. The summed E-state index contributed by atoms with van der Waals surface area (Å²) in [5.41, 5.74) is 0.976. The lowest BCUT2D eigenvalue weighted by Crippen LogP contribution is -2.55. The number of amides is 3. The molecule has 0 fully saturated rings. The second-order valence-corrected chi connectivity index (χ2v) is 11.6. The Labute approximate surface area is 190 Å². The molecule has 0 aliphatic carbocycles. The van der Waals surface area contributed by atoms with E-state index in [0.717, 1.165) is 24.8 Å². The lowest BCUT2D eigenvalue weighted by Gasteiger charge is -2.27. The third kappa shape index (κ3) is 13.2. The minimum atomic E-state index is -0.710. The summed E-state index contributed by atoms with van der Waals surface area (Å²) in [5, 5.41) is 8.59. The van der Waals surface area contributed by atoms with Gasteiger partial charge in [0.1, 0.15) is 12.1 Å². The third-order valence-corrected chi connectivity index (χ3v) is 5.04. The van der Waals surface area contributed by atoms with Crippen molar-refractivity contribution in [3.63, 3.8) is 0 Å². The van der Waals surface area contributed by atoms with E-state index in [0.29, 0.717) is 6.42 Å². The van der Waals surface area contributed by atoms with Gasteiger partial charge in [0.25, 0.3) is 0 Å². The van der Waals surface area contributed by atoms with Gasteiger partial charge in [-0.3, -0.25) is 14.4 Å². The molecule has 3 atom stereocenters. The van der Waals surface area contributed by atoms with Crippen LogP contribution in [0.2, 0.25) is 0 Å². The van der Waals surface area contributed by atoms with Crippen LogP contribution in [0.4, 0.5) is 0 Å². The molecule has 6 heteroatoms. The van der Waals surface area contributed by atoms with Crippen molar-refractivity contribution in [1.29, 1.82) is 0 Å². The maximum atomic E-state index is 12.8. The summed E-state index contributed by atoms with van der Waals surface area (Å²) in [7, 11) is 0. The second kappa shape index (κ2) is 12.3. The van der Waals surface area contributed by atoms with Gasteiger partial charge in [0.05, 0.1) is 0 Å². The van der Waals surface area contributed by atoms with Gasteiger partial charge in [-0.1, -0.05) is 74.0 Å². The Hall–Kier alpha value is -1.85. The van der Waals surface area contributed by atoms with Gasteiger partial charge in [-0.2, -0.15) is 0 Å². The SMILES string of the molecule is C=C(C)[C@H](CCCC(C)(C)C)NC(=O)[C@H](C)NC(=O)[C@@H](NC(=O)CC(C)(C)C)C(C)C. The van der Waals surface area contributed by atoms with Crippen molar-refractivity contribution < 1.29 is 14.4 Å². The minimum Gasteiger partial charge on any atom is -0.348 e. The highest BCUT2D eigenvalue weighted by molar-refractivity contribution is 5.92. The van der Waals surface area contributed by atoms with Crippen LogP contribution in [-0.2, 0) is 14.4 Å². The van der Waals surface area contributed by atoms with Crippen molar-refractivity contribution in [1.82, 2.24) is 16.0 Å². The second-order valence-electron chi connectivity index (χ2n) is 11.6. The van der Waals surface area contributed by atoms with Gasteiger partial charge in [0, 0.05) is 12.5 Å². The molecule has 0 unspecified atom stereocenters. The molecule has 6 nitrogen and oxygen atoms in total. The van der Waals surface area contributed by atoms with Crippen LogP contribution in [-0.4, -0.2) is 35.8 Å². The molecule has 0 radical (unpaired) electrons. The van der Waals surface area contributed by atoms with E-state index in [1.807, 2.05) is 41.5 Å². The molecule has 0 saturated carbocycles. The van der Waals surface area contributed by atoms with Crippen LogP contribution >= 0.6 is 0 Å². The van der Waals surface area contributed by atoms with Crippen LogP contribution in [0.1, 0.15) is 94.9 Å². The van der Waals surface area contributed by atoms with Crippen LogP contribution in [0.3, 0.4) is 0 Å². The normalized spacial score (nSPS) is 15.1. The monoisotopic (exact) mass is 437 g/mol. The molecule has 0 heterocycles. The van der Waals surface area contributed by atoms with Gasteiger partial charge in [-0.15, -0.1) is 0 Å². The molecule has 180 valence electrons. The standard InChI is InChI=1S/C25H47N3O3/c1-16(2)19(13-12-14-24(6,7)8)27-22(30)18(5)26-23(31)21(17(3)4)28-20(29)15-25(9,10)11/h17-19,21H,1,12-15H2,2-11H3,(H,26,31)(H,27,30)(H,28,29)/t18-,19-,21-/m0/s1. The first-order valence-corrected chi connectivity index (χ1v) is 11.5. The molecule has 0 aromatic carbocycles. The quantitative estimate of drug-likeness (QED) is 0.420. The lowest BCUT2D eigenvalue weighted by atomic mass is 9.88. The number of nitrogens with one attached hydrogen (secondary N) is 3. The van der Waals surface area contributed by atoms with Crippen LogP contribution in [0.15, 0.2) is 12.2 Å². The highest BCUT2D eigenvalue weighted by Gasteiger charge is 2.29. The Bertz CT molecular complexity index is 627. The van der Waals surface area contributed by atoms with Crippen LogP contribution in [0.25, 0.3) is 0 Å². The molecular formula is C25H47N3O3. The predicted molar refractivity (Wildman–Crippen MR) is 128 cm³/mol. The average Bonchev–Trinajstić information content (AvgIpc) is 2.55. The van der Waals surface area contributed by atoms with Crippen molar-refractivity contribution in [3.8, 4) is 0 Å². The Morgan fingerprint density at radius 3 is 1.81 bits per heavy atom. The van der Waals surface area contributed by atoms with Crippen molar-refractivity contribution >= 4 is 17.7 Å². The first-order valence-electron chi connectivity index (χ1n) is 11.5. The van der Waals surface area contributed by atoms with E-state index in [1.54, 1.807) is 6.92 Å². The summed E-state index contributed by atoms with van der Waals surface area (Å²) in [4.78, 5) is 37.8. The molecule has 0 aliphatic heterocycles. The average molecular weight is 438 g/mol. The molecule has 0 aromatic heterocycles. The van der Waals surface area contributed by atoms with Gasteiger partial charge >= 0.3 is 0 Å². The van der Waals surface area contributed by atoms with Crippen LogP contribution in [0.5, 0.6) is 0 Å². The molecule has 0 spiro atoms. The molecule has 31 heavy (non-hydrogen) atoms. The summed E-state index contributed by atoms with van der Waals surface area (Å²) >= 11 is 0. The van der Waals surface area contributed by atoms with E-state index in [4.69, 9.17) is 0 Å². The first kappa shape index (κ1) is 29.1. The Kier molecular flexibility index (Phi) is 11.5. The van der Waals surface area contributed by atoms with E-state index in [1.165, 1.54) is 0 Å². The number of hydrogen-bond acceptors (Lipinski definition) is 3. The zero-order valence-electron chi connectivity index (χ0n) is 21.6. The van der Waals surface area contributed by atoms with Crippen LogP contribution < -0.4 is 16.0 Å². The third-order valence-electron chi connectivity index (χ3n) is 5.04. The Balaban J connectivity index is 4.92. The fourth-order valence-electron chi connectivity index (χ4n) is 3.18. The summed E-state index contributed by atoms with van der Waals surface area (Å²) in [5.74, 6) is -0.862. The molecule has 0 aromatic rings. The van der Waals surface area contributed by atoms with E-state index < -0.39 is 12.1 Å². The minimum absolute atomic E-state index is 0.0975. The molecule has 3 N–H and O–H groups in total. The first-order chi connectivity index (χ1) is 13.9. The van der Waals surface area contributed by atoms with E-state index in [2.05, 4.69) is 43.3 Å². The van der Waals surface area contributed by atoms with Gasteiger partial charge in [-0.25, -0.2) is 0 Å². The van der Waals surface area contributed by atoms with Crippen LogP contribution in [0, 0.1) is 16.7 Å². The van der Waals surface area contributed by atoms with Crippen molar-refractivity contribution in [2.75, 3.05) is 0 Å². The smallest absolute Gasteiger partial charge is 0.243 e. The van der Waals surface area contributed by atoms with E-state index in [9.17, 15) is 14.4 Å². The fraction of sp³-hybridized carbons (Fsp3) is 0.800. The summed E-state index contributed by atoms with van der Waals surface area (Å²) in [6.45, 7) is 23.8. The number of hydrogen-bond donors (Lipinski definition) is 3. The molecule has 0 aliphatic rings. The van der Waals surface area contributed by atoms with E-state index in [-0.39, 0.29) is 40.5 Å². The summed E-state index contributed by atoms with van der Waals surface area (Å²) in [6.07, 6.45) is 3.19. The molecule has 0 saturated heterocycles. The molecule has 0 bridgehead atoms. The lowest BCUT2D eigenvalue weighted by molar-refractivity contribution is -0.133. The van der Waals surface area contributed by atoms with Crippen molar-refractivity contribution in [3.05, 3.63) is 12.2 Å². The van der Waals surface area contributed by atoms with Gasteiger partial charge in [-0.05, 0) is 43.4 Å². The summed E-state index contributed by atoms with van der Waals surface area (Å²) in [6, 6.07) is -1.52. The topological polar surface area (TPSA) is 87.3 Å². The zero-order valence-corrected chi connectivity index (χ0v) is 21.6. The van der Waals surface area contributed by atoms with E-state index >= 15 is 0 Å². The molecule has 0 rings (SSSR count). The van der Waals surface area contributed by atoms with Crippen molar-refractivity contribution in [2.24, 2.45) is 16.7 Å². The predicted octanol–water partition coefficient (Wildman–Crippen LogP) is 4.35. The maximum absolute atomic E-state index is 12.8. The molecular weight excluding hydrogens is 390 g/mol. The largest absolute Gasteiger partial charge is 0.348 e. The zero-order chi connectivity index (χ0) is 24.6. The highest BCUT2D eigenvalue weighted by atomic mass is 16.2. The van der Waals surface area contributed by atoms with Gasteiger partial charge < -0.3 is 16.0 Å². The number of carbonyl (C=O) groups is 3. The highest BCUT2D eigenvalue weighted by Crippen LogP contribution is 2.23. The number of rotatable bonds is 11.